The summed E-state index contributed by atoms with van der Waals surface area (Å²) in [5, 5.41) is 6.90. The zero-order valence-corrected chi connectivity index (χ0v) is 9.24. The van der Waals surface area contributed by atoms with Crippen molar-refractivity contribution in [1.29, 1.82) is 0 Å². The van der Waals surface area contributed by atoms with Crippen LogP contribution < -0.4 is 11.1 Å². The number of nitrogens with two attached hydrogens (primary N) is 1. The standard InChI is InChI=1S/C11H12F2N4/c1-17-6-10(14)11(16-17)15-5-7-4-8(12)2-3-9(7)13/h2-4,6H,5,14H2,1H3,(H,15,16). The van der Waals surface area contributed by atoms with E-state index >= 15 is 0 Å². The lowest BCUT2D eigenvalue weighted by Crippen LogP contribution is -2.04. The summed E-state index contributed by atoms with van der Waals surface area (Å²) >= 11 is 0. The fourth-order valence-corrected chi connectivity index (χ4v) is 1.50. The van der Waals surface area contributed by atoms with E-state index in [0.717, 1.165) is 18.2 Å². The van der Waals surface area contributed by atoms with Crippen molar-refractivity contribution in [3.8, 4) is 0 Å². The molecule has 0 saturated carbocycles. The number of anilines is 2. The van der Waals surface area contributed by atoms with Crippen LogP contribution in [0.15, 0.2) is 24.4 Å². The Kier molecular flexibility index (Phi) is 2.95. The maximum Gasteiger partial charge on any atom is 0.171 e. The number of aromatic nitrogens is 2. The van der Waals surface area contributed by atoms with Crippen molar-refractivity contribution in [3.05, 3.63) is 41.6 Å². The molecule has 0 radical (unpaired) electrons. The SMILES string of the molecule is Cn1cc(N)c(NCc2cc(F)ccc2F)n1. The normalized spacial score (nSPS) is 10.5. The van der Waals surface area contributed by atoms with E-state index in [1.165, 1.54) is 0 Å². The zero-order chi connectivity index (χ0) is 12.4. The van der Waals surface area contributed by atoms with Gasteiger partial charge in [-0.1, -0.05) is 0 Å². The Morgan fingerprint density at radius 3 is 2.82 bits per heavy atom. The first-order chi connectivity index (χ1) is 8.06. The summed E-state index contributed by atoms with van der Waals surface area (Å²) in [7, 11) is 1.73. The van der Waals surface area contributed by atoms with E-state index in [0.29, 0.717) is 11.5 Å². The van der Waals surface area contributed by atoms with Crippen molar-refractivity contribution in [2.45, 2.75) is 6.54 Å². The van der Waals surface area contributed by atoms with Crippen LogP contribution in [0.5, 0.6) is 0 Å². The van der Waals surface area contributed by atoms with Gasteiger partial charge in [-0.15, -0.1) is 0 Å². The fourth-order valence-electron chi connectivity index (χ4n) is 1.50. The third-order valence-electron chi connectivity index (χ3n) is 2.31. The molecule has 1 aromatic heterocycles. The van der Waals surface area contributed by atoms with Gasteiger partial charge in [0.2, 0.25) is 0 Å². The molecule has 90 valence electrons. The van der Waals surface area contributed by atoms with Crippen molar-refractivity contribution in [1.82, 2.24) is 9.78 Å². The van der Waals surface area contributed by atoms with E-state index < -0.39 is 11.6 Å². The molecule has 2 aromatic rings. The van der Waals surface area contributed by atoms with Gasteiger partial charge in [0.25, 0.3) is 0 Å². The van der Waals surface area contributed by atoms with Crippen molar-refractivity contribution in [2.75, 3.05) is 11.1 Å². The van der Waals surface area contributed by atoms with E-state index in [1.807, 2.05) is 0 Å². The molecule has 0 aliphatic carbocycles. The number of benzene rings is 1. The Balaban J connectivity index is 2.12. The van der Waals surface area contributed by atoms with Crippen LogP contribution in [0, 0.1) is 11.6 Å². The fraction of sp³-hybridized carbons (Fsp3) is 0.182. The number of hydrogen-bond donors (Lipinski definition) is 2. The summed E-state index contributed by atoms with van der Waals surface area (Å²) in [6.07, 6.45) is 1.63. The number of hydrogen-bond acceptors (Lipinski definition) is 3. The van der Waals surface area contributed by atoms with Gasteiger partial charge in [0.15, 0.2) is 5.82 Å². The smallest absolute Gasteiger partial charge is 0.171 e. The van der Waals surface area contributed by atoms with Gasteiger partial charge in [-0.2, -0.15) is 5.10 Å². The molecule has 0 aliphatic heterocycles. The largest absolute Gasteiger partial charge is 0.394 e. The molecular weight excluding hydrogens is 226 g/mol. The predicted octanol–water partition coefficient (Wildman–Crippen LogP) is 1.89. The Labute approximate surface area is 97.0 Å². The zero-order valence-electron chi connectivity index (χ0n) is 9.24. The molecule has 6 heteroatoms. The molecule has 4 nitrogen and oxygen atoms in total. The van der Waals surface area contributed by atoms with Crippen LogP contribution >= 0.6 is 0 Å². The topological polar surface area (TPSA) is 55.9 Å². The van der Waals surface area contributed by atoms with Gasteiger partial charge in [-0.25, -0.2) is 8.78 Å². The maximum absolute atomic E-state index is 13.3. The van der Waals surface area contributed by atoms with Crippen LogP contribution in [-0.4, -0.2) is 9.78 Å². The van der Waals surface area contributed by atoms with Gasteiger partial charge in [-0.05, 0) is 18.2 Å². The highest BCUT2D eigenvalue weighted by molar-refractivity contribution is 5.59. The molecule has 0 unspecified atom stereocenters. The second kappa shape index (κ2) is 4.40. The van der Waals surface area contributed by atoms with Gasteiger partial charge in [0, 0.05) is 25.4 Å². The highest BCUT2D eigenvalue weighted by Crippen LogP contribution is 2.17. The van der Waals surface area contributed by atoms with Crippen LogP contribution in [-0.2, 0) is 13.6 Å². The molecular formula is C11H12F2N4. The summed E-state index contributed by atoms with van der Waals surface area (Å²) in [5.74, 6) is -0.484. The van der Waals surface area contributed by atoms with Crippen LogP contribution in [0.25, 0.3) is 0 Å². The van der Waals surface area contributed by atoms with E-state index in [2.05, 4.69) is 10.4 Å². The van der Waals surface area contributed by atoms with Crippen LogP contribution in [0.3, 0.4) is 0 Å². The number of nitrogen functional groups attached to an aromatic ring is 1. The lowest BCUT2D eigenvalue weighted by atomic mass is 10.2. The molecule has 1 aromatic carbocycles. The highest BCUT2D eigenvalue weighted by Gasteiger charge is 2.07. The Hall–Kier alpha value is -2.11. The van der Waals surface area contributed by atoms with Crippen LogP contribution in [0.4, 0.5) is 20.3 Å². The van der Waals surface area contributed by atoms with Crippen molar-refractivity contribution >= 4 is 11.5 Å². The highest BCUT2D eigenvalue weighted by atomic mass is 19.1. The van der Waals surface area contributed by atoms with E-state index in [4.69, 9.17) is 5.73 Å². The minimum atomic E-state index is -0.475. The molecule has 0 spiro atoms. The predicted molar refractivity (Wildman–Crippen MR) is 61.3 cm³/mol. The van der Waals surface area contributed by atoms with Gasteiger partial charge < -0.3 is 11.1 Å². The quantitative estimate of drug-likeness (QED) is 0.858. The molecule has 0 saturated heterocycles. The summed E-state index contributed by atoms with van der Waals surface area (Å²) < 4.78 is 27.8. The lowest BCUT2D eigenvalue weighted by Gasteiger charge is -2.05. The van der Waals surface area contributed by atoms with E-state index in [9.17, 15) is 8.78 Å². The number of rotatable bonds is 3. The molecule has 0 bridgehead atoms. The maximum atomic E-state index is 13.3. The number of halogens is 2. The third kappa shape index (κ3) is 2.52. The third-order valence-corrected chi connectivity index (χ3v) is 2.31. The lowest BCUT2D eigenvalue weighted by molar-refractivity contribution is 0.587. The van der Waals surface area contributed by atoms with Gasteiger partial charge in [0.1, 0.15) is 11.6 Å². The van der Waals surface area contributed by atoms with Gasteiger partial charge >= 0.3 is 0 Å². The first-order valence-corrected chi connectivity index (χ1v) is 5.03. The Morgan fingerprint density at radius 2 is 2.18 bits per heavy atom. The Morgan fingerprint density at radius 1 is 1.41 bits per heavy atom. The Bertz CT molecular complexity index is 536. The first-order valence-electron chi connectivity index (χ1n) is 5.03. The number of nitrogens with one attached hydrogen (secondary N) is 1. The van der Waals surface area contributed by atoms with Crippen molar-refractivity contribution in [3.63, 3.8) is 0 Å². The average Bonchev–Trinajstić information content (AvgIpc) is 2.59. The van der Waals surface area contributed by atoms with Gasteiger partial charge in [-0.3, -0.25) is 4.68 Å². The molecule has 3 N–H and O–H groups in total. The molecule has 2 rings (SSSR count). The molecule has 0 aliphatic rings. The van der Waals surface area contributed by atoms with E-state index in [-0.39, 0.29) is 12.1 Å². The van der Waals surface area contributed by atoms with Gasteiger partial charge in [0.05, 0.1) is 5.69 Å². The minimum absolute atomic E-state index is 0.130. The van der Waals surface area contributed by atoms with Crippen LogP contribution in [0.1, 0.15) is 5.56 Å². The molecule has 1 heterocycles. The van der Waals surface area contributed by atoms with E-state index in [1.54, 1.807) is 17.9 Å². The van der Waals surface area contributed by atoms with Crippen LogP contribution in [0.2, 0.25) is 0 Å². The van der Waals surface area contributed by atoms with Crippen molar-refractivity contribution in [2.24, 2.45) is 7.05 Å². The molecule has 0 fully saturated rings. The monoisotopic (exact) mass is 238 g/mol. The summed E-state index contributed by atoms with van der Waals surface area (Å²) in [4.78, 5) is 0. The summed E-state index contributed by atoms with van der Waals surface area (Å²) in [6.45, 7) is 0.130. The minimum Gasteiger partial charge on any atom is -0.394 e. The molecule has 17 heavy (non-hydrogen) atoms. The number of nitrogens with zero attached hydrogens (tertiary/aromatic N) is 2. The molecule has 0 atom stereocenters. The second-order valence-electron chi connectivity index (χ2n) is 3.70. The second-order valence-corrected chi connectivity index (χ2v) is 3.70. The first kappa shape index (κ1) is 11.4. The summed E-state index contributed by atoms with van der Waals surface area (Å²) in [6, 6.07) is 3.31. The molecule has 0 amide bonds. The van der Waals surface area contributed by atoms with Crippen molar-refractivity contribution < 1.29 is 8.78 Å². The summed E-state index contributed by atoms with van der Waals surface area (Å²) in [5.41, 5.74) is 6.35. The number of aryl methyl sites for hydroxylation is 1. The average molecular weight is 238 g/mol.